The van der Waals surface area contributed by atoms with Crippen molar-refractivity contribution < 1.29 is 4.74 Å². The van der Waals surface area contributed by atoms with Crippen LogP contribution in [-0.4, -0.2) is 19.7 Å². The molecule has 0 aromatic heterocycles. The highest BCUT2D eigenvalue weighted by Gasteiger charge is 2.07. The summed E-state index contributed by atoms with van der Waals surface area (Å²) in [5.41, 5.74) is 0. The summed E-state index contributed by atoms with van der Waals surface area (Å²) < 4.78 is 8.71. The van der Waals surface area contributed by atoms with Gasteiger partial charge in [-0.1, -0.05) is 22.9 Å². The van der Waals surface area contributed by atoms with E-state index in [0.717, 1.165) is 51.7 Å². The second-order valence-corrected chi connectivity index (χ2v) is 6.23. The van der Waals surface area contributed by atoms with Crippen molar-refractivity contribution in [3.8, 4) is 5.75 Å². The molecular formula is C12H16Br3NO. The third-order valence-corrected chi connectivity index (χ3v) is 3.84. The third-order valence-electron chi connectivity index (χ3n) is 2.21. The molecule has 0 heterocycles. The van der Waals surface area contributed by atoms with E-state index in [1.165, 1.54) is 0 Å². The number of benzene rings is 1. The van der Waals surface area contributed by atoms with Crippen molar-refractivity contribution in [1.82, 2.24) is 5.32 Å². The molecule has 5 heteroatoms. The molecule has 1 N–H and O–H groups in total. The normalized spacial score (nSPS) is 10.6. The number of ether oxygens (including phenoxy) is 1. The number of hydrogen-bond acceptors (Lipinski definition) is 2. The summed E-state index contributed by atoms with van der Waals surface area (Å²) in [5, 5.41) is 3.30. The zero-order chi connectivity index (χ0) is 12.7. The van der Waals surface area contributed by atoms with E-state index in [-0.39, 0.29) is 0 Å². The zero-order valence-electron chi connectivity index (χ0n) is 9.73. The molecule has 0 saturated carbocycles. The molecule has 1 aromatic rings. The molecule has 1 aromatic carbocycles. The van der Waals surface area contributed by atoms with Crippen LogP contribution in [-0.2, 0) is 0 Å². The average Bonchev–Trinajstić information content (AvgIpc) is 2.26. The van der Waals surface area contributed by atoms with Crippen LogP contribution in [0.2, 0.25) is 0 Å². The molecule has 0 atom stereocenters. The van der Waals surface area contributed by atoms with Crippen molar-refractivity contribution in [2.75, 3.05) is 19.7 Å². The lowest BCUT2D eigenvalue weighted by Gasteiger charge is -2.10. The number of halogens is 3. The van der Waals surface area contributed by atoms with Gasteiger partial charge < -0.3 is 10.1 Å². The van der Waals surface area contributed by atoms with E-state index in [0.29, 0.717) is 0 Å². The Labute approximate surface area is 128 Å². The fourth-order valence-electron chi connectivity index (χ4n) is 1.37. The standard InChI is InChI=1S/C12H16Br3NO/c1-2-16-5-3-4-6-17-12-10(14)7-9(13)8-11(12)15/h7-8,16H,2-6H2,1H3. The van der Waals surface area contributed by atoms with Crippen LogP contribution in [0.4, 0.5) is 0 Å². The van der Waals surface area contributed by atoms with Crippen LogP contribution in [0, 0.1) is 0 Å². The van der Waals surface area contributed by atoms with Crippen molar-refractivity contribution >= 4 is 47.8 Å². The Morgan fingerprint density at radius 3 is 2.35 bits per heavy atom. The maximum atomic E-state index is 5.76. The van der Waals surface area contributed by atoms with Crippen LogP contribution in [0.25, 0.3) is 0 Å². The van der Waals surface area contributed by atoms with E-state index >= 15 is 0 Å². The van der Waals surface area contributed by atoms with Gasteiger partial charge in [0.25, 0.3) is 0 Å². The van der Waals surface area contributed by atoms with E-state index < -0.39 is 0 Å². The zero-order valence-corrected chi connectivity index (χ0v) is 14.5. The summed E-state index contributed by atoms with van der Waals surface area (Å²) in [5.74, 6) is 0.872. The number of hydrogen-bond donors (Lipinski definition) is 1. The van der Waals surface area contributed by atoms with Crippen molar-refractivity contribution in [3.63, 3.8) is 0 Å². The minimum Gasteiger partial charge on any atom is -0.491 e. The van der Waals surface area contributed by atoms with Gasteiger partial charge in [0.2, 0.25) is 0 Å². The highest BCUT2D eigenvalue weighted by atomic mass is 79.9. The largest absolute Gasteiger partial charge is 0.491 e. The van der Waals surface area contributed by atoms with E-state index in [1.54, 1.807) is 0 Å². The first kappa shape index (κ1) is 15.5. The molecule has 2 nitrogen and oxygen atoms in total. The Balaban J connectivity index is 2.36. The van der Waals surface area contributed by atoms with Gasteiger partial charge in [-0.25, -0.2) is 0 Å². The summed E-state index contributed by atoms with van der Waals surface area (Å²) in [6.45, 7) is 4.95. The summed E-state index contributed by atoms with van der Waals surface area (Å²) in [6, 6.07) is 3.97. The van der Waals surface area contributed by atoms with Crippen LogP contribution < -0.4 is 10.1 Å². The monoisotopic (exact) mass is 427 g/mol. The quantitative estimate of drug-likeness (QED) is 0.632. The van der Waals surface area contributed by atoms with E-state index in [9.17, 15) is 0 Å². The second kappa shape index (κ2) is 8.51. The van der Waals surface area contributed by atoms with Gasteiger partial charge in [0.15, 0.2) is 0 Å². The molecule has 0 bridgehead atoms. The van der Waals surface area contributed by atoms with Gasteiger partial charge in [0, 0.05) is 4.47 Å². The molecule has 0 aliphatic heterocycles. The molecule has 0 aliphatic carbocycles. The number of unbranched alkanes of at least 4 members (excludes halogenated alkanes) is 1. The lowest BCUT2D eigenvalue weighted by molar-refractivity contribution is 0.302. The van der Waals surface area contributed by atoms with E-state index in [1.807, 2.05) is 12.1 Å². The van der Waals surface area contributed by atoms with Crippen molar-refractivity contribution in [1.29, 1.82) is 0 Å². The molecular weight excluding hydrogens is 414 g/mol. The molecule has 96 valence electrons. The Hall–Kier alpha value is 0.420. The van der Waals surface area contributed by atoms with E-state index in [4.69, 9.17) is 4.74 Å². The van der Waals surface area contributed by atoms with Gasteiger partial charge >= 0.3 is 0 Å². The highest BCUT2D eigenvalue weighted by Crippen LogP contribution is 2.36. The fourth-order valence-corrected chi connectivity index (χ4v) is 3.86. The number of nitrogens with one attached hydrogen (secondary N) is 1. The molecule has 0 unspecified atom stereocenters. The van der Waals surface area contributed by atoms with Crippen LogP contribution in [0.15, 0.2) is 25.6 Å². The van der Waals surface area contributed by atoms with E-state index in [2.05, 4.69) is 60.0 Å². The highest BCUT2D eigenvalue weighted by molar-refractivity contribution is 9.11. The van der Waals surface area contributed by atoms with Gasteiger partial charge in [-0.05, 0) is 69.9 Å². The Kier molecular flexibility index (Phi) is 7.75. The lowest BCUT2D eigenvalue weighted by atomic mass is 10.3. The maximum Gasteiger partial charge on any atom is 0.147 e. The topological polar surface area (TPSA) is 21.3 Å². The molecule has 1 rings (SSSR count). The molecule has 17 heavy (non-hydrogen) atoms. The first-order valence-electron chi connectivity index (χ1n) is 5.63. The summed E-state index contributed by atoms with van der Waals surface area (Å²) in [7, 11) is 0. The summed E-state index contributed by atoms with van der Waals surface area (Å²) in [4.78, 5) is 0. The Morgan fingerprint density at radius 1 is 1.12 bits per heavy atom. The van der Waals surface area contributed by atoms with Crippen molar-refractivity contribution in [3.05, 3.63) is 25.6 Å². The SMILES string of the molecule is CCNCCCCOc1c(Br)cc(Br)cc1Br. The van der Waals surface area contributed by atoms with Gasteiger partial charge in [0.05, 0.1) is 15.6 Å². The fraction of sp³-hybridized carbons (Fsp3) is 0.500. The smallest absolute Gasteiger partial charge is 0.147 e. The van der Waals surface area contributed by atoms with Gasteiger partial charge in [-0.2, -0.15) is 0 Å². The maximum absolute atomic E-state index is 5.76. The van der Waals surface area contributed by atoms with Gasteiger partial charge in [-0.3, -0.25) is 0 Å². The van der Waals surface area contributed by atoms with Gasteiger partial charge in [0.1, 0.15) is 5.75 Å². The Bertz CT molecular complexity index is 335. The minimum atomic E-state index is 0.740. The van der Waals surface area contributed by atoms with Crippen LogP contribution in [0.1, 0.15) is 19.8 Å². The van der Waals surface area contributed by atoms with Crippen molar-refractivity contribution in [2.24, 2.45) is 0 Å². The van der Waals surface area contributed by atoms with Gasteiger partial charge in [-0.15, -0.1) is 0 Å². The van der Waals surface area contributed by atoms with Crippen molar-refractivity contribution in [2.45, 2.75) is 19.8 Å². The molecule has 0 amide bonds. The first-order chi connectivity index (χ1) is 8.15. The summed E-state index contributed by atoms with van der Waals surface area (Å²) >= 11 is 10.4. The minimum absolute atomic E-state index is 0.740. The van der Waals surface area contributed by atoms with Crippen LogP contribution >= 0.6 is 47.8 Å². The predicted octanol–water partition coefficient (Wildman–Crippen LogP) is 4.74. The molecule has 0 fully saturated rings. The lowest BCUT2D eigenvalue weighted by Crippen LogP contribution is -2.14. The third kappa shape index (κ3) is 5.73. The average molecular weight is 430 g/mol. The molecule has 0 saturated heterocycles. The number of rotatable bonds is 7. The molecule has 0 spiro atoms. The Morgan fingerprint density at radius 2 is 1.76 bits per heavy atom. The molecule has 0 radical (unpaired) electrons. The summed E-state index contributed by atoms with van der Waals surface area (Å²) in [6.07, 6.45) is 2.20. The second-order valence-electron chi connectivity index (χ2n) is 3.61. The molecule has 0 aliphatic rings. The van der Waals surface area contributed by atoms with Crippen LogP contribution in [0.3, 0.4) is 0 Å². The predicted molar refractivity (Wildman–Crippen MR) is 82.8 cm³/mol. The van der Waals surface area contributed by atoms with Crippen LogP contribution in [0.5, 0.6) is 5.75 Å². The first-order valence-corrected chi connectivity index (χ1v) is 8.01.